The number of nitrogens with one attached hydrogen (secondary N) is 2. The van der Waals surface area contributed by atoms with Crippen molar-refractivity contribution in [2.45, 2.75) is 51.6 Å². The molecular formula is C17H23F2N3O3. The van der Waals surface area contributed by atoms with Gasteiger partial charge in [-0.15, -0.1) is 0 Å². The number of benzene rings is 1. The highest BCUT2D eigenvalue weighted by Crippen LogP contribution is 2.08. The Morgan fingerprint density at radius 2 is 1.72 bits per heavy atom. The number of hydrogen-bond acceptors (Lipinski definition) is 4. The van der Waals surface area contributed by atoms with E-state index >= 15 is 0 Å². The summed E-state index contributed by atoms with van der Waals surface area (Å²) < 4.78 is 26.2. The molecule has 1 aromatic rings. The number of amides is 3. The van der Waals surface area contributed by atoms with Crippen LogP contribution in [0.25, 0.3) is 0 Å². The van der Waals surface area contributed by atoms with Crippen LogP contribution in [-0.4, -0.2) is 29.8 Å². The van der Waals surface area contributed by atoms with Gasteiger partial charge in [-0.3, -0.25) is 19.7 Å². The van der Waals surface area contributed by atoms with Crippen molar-refractivity contribution < 1.29 is 23.2 Å². The third kappa shape index (κ3) is 7.38. The lowest BCUT2D eigenvalue weighted by molar-refractivity contribution is -0.134. The summed E-state index contributed by atoms with van der Waals surface area (Å²) in [5.74, 6) is -3.49. The van der Waals surface area contributed by atoms with Gasteiger partial charge < -0.3 is 11.1 Å². The van der Waals surface area contributed by atoms with Gasteiger partial charge in [-0.2, -0.15) is 0 Å². The van der Waals surface area contributed by atoms with Crippen molar-refractivity contribution in [1.29, 1.82) is 0 Å². The number of carbonyl (C=O) groups is 3. The van der Waals surface area contributed by atoms with Gasteiger partial charge in [0.25, 0.3) is 0 Å². The summed E-state index contributed by atoms with van der Waals surface area (Å²) in [6, 6.07) is 0.980. The Kier molecular flexibility index (Phi) is 8.13. The number of nitrogens with two attached hydrogens (primary N) is 1. The topological polar surface area (TPSA) is 101 Å². The predicted octanol–water partition coefficient (Wildman–Crippen LogP) is 1.17. The molecule has 8 heteroatoms. The Balaban J connectivity index is 2.51. The average Bonchev–Trinajstić information content (AvgIpc) is 2.50. The molecule has 1 unspecified atom stereocenters. The molecule has 3 amide bonds. The summed E-state index contributed by atoms with van der Waals surface area (Å²) in [5, 5.41) is 4.50. The number of carbonyl (C=O) groups excluding carboxylic acids is 3. The molecule has 0 aliphatic carbocycles. The van der Waals surface area contributed by atoms with Gasteiger partial charge in [0.15, 0.2) is 0 Å². The monoisotopic (exact) mass is 355 g/mol. The summed E-state index contributed by atoms with van der Waals surface area (Å²) in [6.07, 6.45) is 1.80. The van der Waals surface area contributed by atoms with Crippen LogP contribution in [0.15, 0.2) is 18.2 Å². The molecule has 0 fully saturated rings. The first-order chi connectivity index (χ1) is 11.7. The third-order valence-electron chi connectivity index (χ3n) is 3.51. The van der Waals surface area contributed by atoms with E-state index in [0.29, 0.717) is 12.5 Å². The fraction of sp³-hybridized carbons (Fsp3) is 0.471. The van der Waals surface area contributed by atoms with Gasteiger partial charge in [0, 0.05) is 6.07 Å². The Morgan fingerprint density at radius 1 is 1.12 bits per heavy atom. The van der Waals surface area contributed by atoms with Crippen LogP contribution >= 0.6 is 0 Å². The van der Waals surface area contributed by atoms with Crippen molar-refractivity contribution in [3.05, 3.63) is 35.4 Å². The lowest BCUT2D eigenvalue weighted by Gasteiger charge is -2.16. The van der Waals surface area contributed by atoms with Crippen LogP contribution in [0, 0.1) is 11.6 Å². The van der Waals surface area contributed by atoms with Crippen LogP contribution in [0.1, 0.15) is 38.7 Å². The van der Waals surface area contributed by atoms with Crippen molar-refractivity contribution in [1.82, 2.24) is 10.6 Å². The van der Waals surface area contributed by atoms with Gasteiger partial charge in [-0.05, 0) is 31.0 Å². The van der Waals surface area contributed by atoms with Crippen molar-refractivity contribution in [2.75, 3.05) is 0 Å². The molecule has 138 valence electrons. The molecule has 1 rings (SSSR count). The zero-order chi connectivity index (χ0) is 19.0. The van der Waals surface area contributed by atoms with Crippen LogP contribution in [0.2, 0.25) is 0 Å². The van der Waals surface area contributed by atoms with E-state index in [1.807, 2.05) is 6.92 Å². The van der Waals surface area contributed by atoms with Crippen molar-refractivity contribution in [2.24, 2.45) is 5.73 Å². The molecule has 0 heterocycles. The summed E-state index contributed by atoms with van der Waals surface area (Å²) in [5.41, 5.74) is 5.80. The van der Waals surface area contributed by atoms with Crippen LogP contribution in [0.3, 0.4) is 0 Å². The number of halogens is 2. The minimum atomic E-state index is -0.992. The molecule has 1 aromatic carbocycles. The van der Waals surface area contributed by atoms with Crippen LogP contribution in [0.5, 0.6) is 0 Å². The van der Waals surface area contributed by atoms with E-state index in [2.05, 4.69) is 10.6 Å². The third-order valence-corrected chi connectivity index (χ3v) is 3.51. The predicted molar refractivity (Wildman–Crippen MR) is 88.3 cm³/mol. The largest absolute Gasteiger partial charge is 0.344 e. The summed E-state index contributed by atoms with van der Waals surface area (Å²) in [6.45, 7) is 3.35. The van der Waals surface area contributed by atoms with Crippen molar-refractivity contribution in [3.8, 4) is 0 Å². The first kappa shape index (κ1) is 20.7. The Labute approximate surface area is 145 Å². The maximum Gasteiger partial charge on any atom is 0.248 e. The Hall–Kier alpha value is -2.35. The van der Waals surface area contributed by atoms with E-state index in [9.17, 15) is 23.2 Å². The van der Waals surface area contributed by atoms with Gasteiger partial charge in [0.05, 0.1) is 12.5 Å². The molecular weight excluding hydrogens is 332 g/mol. The fourth-order valence-electron chi connectivity index (χ4n) is 2.13. The van der Waals surface area contributed by atoms with E-state index in [1.165, 1.54) is 6.92 Å². The van der Waals surface area contributed by atoms with Crippen molar-refractivity contribution >= 4 is 17.7 Å². The van der Waals surface area contributed by atoms with E-state index in [-0.39, 0.29) is 12.0 Å². The Morgan fingerprint density at radius 3 is 2.28 bits per heavy atom. The summed E-state index contributed by atoms with van der Waals surface area (Å²) >= 11 is 0. The number of hydrogen-bond donors (Lipinski definition) is 3. The SMILES string of the molecule is CCCCC(N)C(=O)NC(=O)[C@H](C)NC(=O)Cc1cc(F)cc(F)c1. The molecule has 0 saturated heterocycles. The van der Waals surface area contributed by atoms with E-state index in [1.54, 1.807) is 0 Å². The second-order valence-corrected chi connectivity index (χ2v) is 5.85. The molecule has 0 radical (unpaired) electrons. The molecule has 6 nitrogen and oxygen atoms in total. The highest BCUT2D eigenvalue weighted by atomic mass is 19.1. The van der Waals surface area contributed by atoms with E-state index in [4.69, 9.17) is 5.73 Å². The van der Waals surface area contributed by atoms with Crippen molar-refractivity contribution in [3.63, 3.8) is 0 Å². The van der Waals surface area contributed by atoms with Gasteiger partial charge >= 0.3 is 0 Å². The van der Waals surface area contributed by atoms with Crippen LogP contribution in [0.4, 0.5) is 8.78 Å². The lowest BCUT2D eigenvalue weighted by atomic mass is 10.1. The molecule has 0 aliphatic heterocycles. The lowest BCUT2D eigenvalue weighted by Crippen LogP contribution is -2.51. The summed E-state index contributed by atoms with van der Waals surface area (Å²) in [7, 11) is 0. The molecule has 0 spiro atoms. The zero-order valence-electron chi connectivity index (χ0n) is 14.3. The summed E-state index contributed by atoms with van der Waals surface area (Å²) in [4.78, 5) is 35.5. The molecule has 25 heavy (non-hydrogen) atoms. The van der Waals surface area contributed by atoms with Gasteiger partial charge in [0.1, 0.15) is 17.7 Å². The minimum Gasteiger partial charge on any atom is -0.344 e. The van der Waals surface area contributed by atoms with Gasteiger partial charge in [-0.25, -0.2) is 8.78 Å². The van der Waals surface area contributed by atoms with E-state index in [0.717, 1.165) is 25.0 Å². The minimum absolute atomic E-state index is 0.139. The highest BCUT2D eigenvalue weighted by molar-refractivity contribution is 6.00. The second-order valence-electron chi connectivity index (χ2n) is 5.85. The van der Waals surface area contributed by atoms with Crippen LogP contribution < -0.4 is 16.4 Å². The Bertz CT molecular complexity index is 617. The second kappa shape index (κ2) is 9.83. The maximum atomic E-state index is 13.1. The smallest absolute Gasteiger partial charge is 0.248 e. The molecule has 0 aromatic heterocycles. The zero-order valence-corrected chi connectivity index (χ0v) is 14.3. The van der Waals surface area contributed by atoms with Crippen LogP contribution in [-0.2, 0) is 20.8 Å². The first-order valence-corrected chi connectivity index (χ1v) is 8.07. The molecule has 4 N–H and O–H groups in total. The number of imide groups is 1. The normalized spacial score (nSPS) is 13.0. The average molecular weight is 355 g/mol. The maximum absolute atomic E-state index is 13.1. The molecule has 0 aliphatic rings. The number of unbranched alkanes of at least 4 members (excludes halogenated alkanes) is 1. The molecule has 0 bridgehead atoms. The first-order valence-electron chi connectivity index (χ1n) is 8.07. The van der Waals surface area contributed by atoms with E-state index < -0.39 is 41.4 Å². The highest BCUT2D eigenvalue weighted by Gasteiger charge is 2.21. The van der Waals surface area contributed by atoms with Gasteiger partial charge in [-0.1, -0.05) is 19.8 Å². The standard InChI is InChI=1S/C17H23F2N3O3/c1-3-4-5-14(20)17(25)22-16(24)10(2)21-15(23)8-11-6-12(18)9-13(19)7-11/h6-7,9-10,14H,3-5,8,20H2,1-2H3,(H,21,23)(H,22,24,25)/t10-,14?/m0/s1. The molecule has 2 atom stereocenters. The fourth-order valence-corrected chi connectivity index (χ4v) is 2.13. The molecule has 0 saturated carbocycles. The quantitative estimate of drug-likeness (QED) is 0.651. The number of rotatable bonds is 8. The van der Waals surface area contributed by atoms with Gasteiger partial charge in [0.2, 0.25) is 17.7 Å².